The molecule has 1 atom stereocenters. The summed E-state index contributed by atoms with van der Waals surface area (Å²) in [7, 11) is 0. The topological polar surface area (TPSA) is 41.6 Å². The lowest BCUT2D eigenvalue weighted by atomic mass is 10.1. The third kappa shape index (κ3) is 2.63. The van der Waals surface area contributed by atoms with Crippen LogP contribution in [0.2, 0.25) is 0 Å². The van der Waals surface area contributed by atoms with E-state index in [4.69, 9.17) is 5.73 Å². The maximum atomic E-state index is 6.00. The highest BCUT2D eigenvalue weighted by atomic mass is 79.9. The molecule has 0 fully saturated rings. The average molecular weight is 296 g/mol. The molecule has 1 heterocycles. The molecule has 0 spiro atoms. The fraction of sp³-hybridized carbons (Fsp3) is 0.462. The van der Waals surface area contributed by atoms with Crippen LogP contribution in [0.15, 0.2) is 33.7 Å². The van der Waals surface area contributed by atoms with Crippen LogP contribution in [0.25, 0.3) is 0 Å². The van der Waals surface area contributed by atoms with E-state index in [1.165, 1.54) is 12.8 Å². The number of hydrogen-bond acceptors (Lipinski definition) is 3. The highest BCUT2D eigenvalue weighted by Gasteiger charge is 2.27. The van der Waals surface area contributed by atoms with Gasteiger partial charge < -0.3 is 10.6 Å². The first-order valence-corrected chi connectivity index (χ1v) is 6.87. The van der Waals surface area contributed by atoms with Gasteiger partial charge in [-0.05, 0) is 34.5 Å². The zero-order valence-corrected chi connectivity index (χ0v) is 11.7. The van der Waals surface area contributed by atoms with Crippen LogP contribution >= 0.6 is 15.9 Å². The normalized spacial score (nSPS) is 19.5. The van der Waals surface area contributed by atoms with E-state index < -0.39 is 0 Å². The SMILES string of the molecule is CCCCC1CN=C(N)N1c1ccccc1Br. The Bertz CT molecular complexity index is 417. The fourth-order valence-corrected chi connectivity index (χ4v) is 2.65. The Balaban J connectivity index is 2.22. The summed E-state index contributed by atoms with van der Waals surface area (Å²) < 4.78 is 1.07. The van der Waals surface area contributed by atoms with Gasteiger partial charge in [0.15, 0.2) is 5.96 Å². The first-order chi connectivity index (χ1) is 8.24. The van der Waals surface area contributed by atoms with E-state index in [0.29, 0.717) is 12.0 Å². The van der Waals surface area contributed by atoms with Crippen molar-refractivity contribution in [2.45, 2.75) is 32.2 Å². The number of unbranched alkanes of at least 4 members (excludes halogenated alkanes) is 1. The highest BCUT2D eigenvalue weighted by molar-refractivity contribution is 9.10. The van der Waals surface area contributed by atoms with Gasteiger partial charge in [-0.15, -0.1) is 0 Å². The largest absolute Gasteiger partial charge is 0.370 e. The summed E-state index contributed by atoms with van der Waals surface area (Å²) in [5.74, 6) is 0.637. The lowest BCUT2D eigenvalue weighted by molar-refractivity contribution is 0.600. The molecule has 2 N–H and O–H groups in total. The van der Waals surface area contributed by atoms with E-state index in [2.05, 4.69) is 38.8 Å². The predicted octanol–water partition coefficient (Wildman–Crippen LogP) is 3.14. The molecule has 17 heavy (non-hydrogen) atoms. The lowest BCUT2D eigenvalue weighted by Crippen LogP contribution is -2.41. The molecule has 1 aliphatic rings. The van der Waals surface area contributed by atoms with Gasteiger partial charge in [0.1, 0.15) is 0 Å². The van der Waals surface area contributed by atoms with Crippen LogP contribution in [-0.4, -0.2) is 18.5 Å². The van der Waals surface area contributed by atoms with Gasteiger partial charge in [0.2, 0.25) is 0 Å². The fourth-order valence-electron chi connectivity index (χ4n) is 2.17. The molecule has 0 aliphatic carbocycles. The summed E-state index contributed by atoms with van der Waals surface area (Å²) in [6.45, 7) is 3.02. The molecule has 1 unspecified atom stereocenters. The molecule has 0 radical (unpaired) electrons. The molecular formula is C13H18BrN3. The summed E-state index contributed by atoms with van der Waals surface area (Å²) >= 11 is 3.58. The van der Waals surface area contributed by atoms with Crippen LogP contribution in [0.3, 0.4) is 0 Å². The van der Waals surface area contributed by atoms with Gasteiger partial charge in [-0.1, -0.05) is 31.9 Å². The first kappa shape index (κ1) is 12.4. The minimum Gasteiger partial charge on any atom is -0.370 e. The van der Waals surface area contributed by atoms with E-state index in [1.807, 2.05) is 18.2 Å². The zero-order valence-electron chi connectivity index (χ0n) is 10.1. The molecule has 1 aliphatic heterocycles. The monoisotopic (exact) mass is 295 g/mol. The van der Waals surface area contributed by atoms with Crippen molar-refractivity contribution in [2.75, 3.05) is 11.4 Å². The molecule has 4 heteroatoms. The van der Waals surface area contributed by atoms with Gasteiger partial charge in [-0.3, -0.25) is 4.99 Å². The van der Waals surface area contributed by atoms with Crippen molar-refractivity contribution < 1.29 is 0 Å². The van der Waals surface area contributed by atoms with Gasteiger partial charge in [-0.25, -0.2) is 0 Å². The predicted molar refractivity (Wildman–Crippen MR) is 76.4 cm³/mol. The Morgan fingerprint density at radius 1 is 1.47 bits per heavy atom. The number of nitrogens with zero attached hydrogens (tertiary/aromatic N) is 2. The number of rotatable bonds is 4. The summed E-state index contributed by atoms with van der Waals surface area (Å²) in [6.07, 6.45) is 3.57. The highest BCUT2D eigenvalue weighted by Crippen LogP contribution is 2.30. The third-order valence-electron chi connectivity index (χ3n) is 3.08. The minimum absolute atomic E-state index is 0.411. The number of halogens is 1. The Morgan fingerprint density at radius 2 is 2.24 bits per heavy atom. The van der Waals surface area contributed by atoms with E-state index >= 15 is 0 Å². The molecule has 1 aromatic carbocycles. The zero-order chi connectivity index (χ0) is 12.3. The summed E-state index contributed by atoms with van der Waals surface area (Å²) in [5, 5.41) is 0. The Hall–Kier alpha value is -1.03. The van der Waals surface area contributed by atoms with Gasteiger partial charge in [0, 0.05) is 4.47 Å². The van der Waals surface area contributed by atoms with Crippen LogP contribution in [0.4, 0.5) is 5.69 Å². The standard InChI is InChI=1S/C13H18BrN3/c1-2-3-6-10-9-16-13(15)17(10)12-8-5-4-7-11(12)14/h4-5,7-8,10H,2-3,6,9H2,1H3,(H2,15,16). The smallest absolute Gasteiger partial charge is 0.196 e. The van der Waals surface area contributed by atoms with Crippen LogP contribution in [-0.2, 0) is 0 Å². The molecule has 0 saturated heterocycles. The molecule has 92 valence electrons. The molecule has 0 bridgehead atoms. The first-order valence-electron chi connectivity index (χ1n) is 6.07. The van der Waals surface area contributed by atoms with Crippen molar-refractivity contribution in [3.05, 3.63) is 28.7 Å². The molecule has 3 nitrogen and oxygen atoms in total. The number of para-hydroxylation sites is 1. The molecular weight excluding hydrogens is 278 g/mol. The molecule has 0 saturated carbocycles. The number of aliphatic imine (C=N–C) groups is 1. The maximum absolute atomic E-state index is 6.00. The van der Waals surface area contributed by atoms with Crippen LogP contribution in [0, 0.1) is 0 Å². The van der Waals surface area contributed by atoms with E-state index in [9.17, 15) is 0 Å². The van der Waals surface area contributed by atoms with E-state index in [-0.39, 0.29) is 0 Å². The lowest BCUT2D eigenvalue weighted by Gasteiger charge is -2.27. The molecule has 0 aromatic heterocycles. The van der Waals surface area contributed by atoms with Gasteiger partial charge in [0.25, 0.3) is 0 Å². The minimum atomic E-state index is 0.411. The second-order valence-corrected chi connectivity index (χ2v) is 5.17. The summed E-state index contributed by atoms with van der Waals surface area (Å²) in [6, 6.07) is 8.57. The van der Waals surface area contributed by atoms with Crippen LogP contribution < -0.4 is 10.6 Å². The van der Waals surface area contributed by atoms with Gasteiger partial charge in [0.05, 0.1) is 18.3 Å². The molecule has 0 amide bonds. The second kappa shape index (κ2) is 5.54. The van der Waals surface area contributed by atoms with Crippen molar-refractivity contribution in [3.8, 4) is 0 Å². The molecule has 1 aromatic rings. The van der Waals surface area contributed by atoms with Crippen molar-refractivity contribution in [1.82, 2.24) is 0 Å². The quantitative estimate of drug-likeness (QED) is 0.927. The summed E-state index contributed by atoms with van der Waals surface area (Å²) in [4.78, 5) is 6.52. The number of hydrogen-bond donors (Lipinski definition) is 1. The summed E-state index contributed by atoms with van der Waals surface area (Å²) in [5.41, 5.74) is 7.12. The third-order valence-corrected chi connectivity index (χ3v) is 3.75. The maximum Gasteiger partial charge on any atom is 0.196 e. The Kier molecular flexibility index (Phi) is 4.05. The van der Waals surface area contributed by atoms with Crippen molar-refractivity contribution in [2.24, 2.45) is 10.7 Å². The van der Waals surface area contributed by atoms with Crippen molar-refractivity contribution in [1.29, 1.82) is 0 Å². The number of nitrogens with two attached hydrogens (primary N) is 1. The Labute approximate surface area is 111 Å². The van der Waals surface area contributed by atoms with E-state index in [1.54, 1.807) is 0 Å². The van der Waals surface area contributed by atoms with Crippen molar-refractivity contribution >= 4 is 27.6 Å². The van der Waals surface area contributed by atoms with Gasteiger partial charge >= 0.3 is 0 Å². The van der Waals surface area contributed by atoms with Gasteiger partial charge in [-0.2, -0.15) is 0 Å². The number of guanidine groups is 1. The molecule has 2 rings (SSSR count). The average Bonchev–Trinajstić information content (AvgIpc) is 2.69. The van der Waals surface area contributed by atoms with Crippen molar-refractivity contribution in [3.63, 3.8) is 0 Å². The van der Waals surface area contributed by atoms with Crippen LogP contribution in [0.5, 0.6) is 0 Å². The Morgan fingerprint density at radius 3 is 2.94 bits per heavy atom. The van der Waals surface area contributed by atoms with Crippen LogP contribution in [0.1, 0.15) is 26.2 Å². The second-order valence-electron chi connectivity index (χ2n) is 4.32. The number of anilines is 1. The van der Waals surface area contributed by atoms with E-state index in [0.717, 1.165) is 23.1 Å². The number of benzene rings is 1.